The Morgan fingerprint density at radius 3 is 2.73 bits per heavy atom. The monoisotopic (exact) mass is 671 g/mol. The highest BCUT2D eigenvalue weighted by atomic mass is 19.1. The van der Waals surface area contributed by atoms with Crippen molar-refractivity contribution in [2.45, 2.75) is 69.2 Å². The topological polar surface area (TPSA) is 89.9 Å². The van der Waals surface area contributed by atoms with E-state index in [1.165, 1.54) is 30.5 Å². The summed E-state index contributed by atoms with van der Waals surface area (Å²) in [4.78, 5) is 20.9. The van der Waals surface area contributed by atoms with Gasteiger partial charge < -0.3 is 20.1 Å². The van der Waals surface area contributed by atoms with E-state index in [9.17, 15) is 13.9 Å². The van der Waals surface area contributed by atoms with Crippen LogP contribution in [-0.4, -0.2) is 99.7 Å². The number of halogens is 3. The number of fused-ring (bicyclic) bond motifs is 5. The van der Waals surface area contributed by atoms with Crippen LogP contribution >= 0.6 is 0 Å². The summed E-state index contributed by atoms with van der Waals surface area (Å²) in [5, 5.41) is 15.3. The van der Waals surface area contributed by atoms with Gasteiger partial charge in [0, 0.05) is 62.0 Å². The van der Waals surface area contributed by atoms with Gasteiger partial charge in [-0.2, -0.15) is 9.97 Å². The number of anilines is 1. The molecule has 49 heavy (non-hydrogen) atoms. The number of phenols is 1. The Kier molecular flexibility index (Phi) is 8.25. The summed E-state index contributed by atoms with van der Waals surface area (Å²) in [6, 6.07) is 6.12. The molecule has 256 valence electrons. The summed E-state index contributed by atoms with van der Waals surface area (Å²) in [5.41, 5.74) is -0.473. The number of phenolic OH excluding ortho intramolecular Hbond substituents is 1. The van der Waals surface area contributed by atoms with Crippen LogP contribution in [0, 0.1) is 24.0 Å². The van der Waals surface area contributed by atoms with E-state index in [-0.39, 0.29) is 46.1 Å². The summed E-state index contributed by atoms with van der Waals surface area (Å²) < 4.78 is 52.7. The molecule has 2 unspecified atom stereocenters. The minimum Gasteiger partial charge on any atom is -0.508 e. The Balaban J connectivity index is 1.23. The lowest BCUT2D eigenvalue weighted by Gasteiger charge is -2.42. The van der Waals surface area contributed by atoms with E-state index in [1.807, 2.05) is 0 Å². The van der Waals surface area contributed by atoms with Crippen LogP contribution in [0.25, 0.3) is 32.9 Å². The van der Waals surface area contributed by atoms with Crippen LogP contribution in [0.3, 0.4) is 0 Å². The van der Waals surface area contributed by atoms with Crippen molar-refractivity contribution in [3.63, 3.8) is 0 Å². The van der Waals surface area contributed by atoms with Crippen LogP contribution in [0.1, 0.15) is 51.0 Å². The standard InChI is InChI=1S/C37H40F3N7O2/c1-3-11-41-21-47-24-7-8-25(47)19-45(18-24)35-29-16-42-33(28-14-26(48)13-22-6-9-30(39)27(4-2)31(22)28)32(40)34(29)43-36(44-35)49-20-37-10-5-12-46(37)17-23(38)15-37/h2,6,9,13-14,16,23-25,41,48H,3,5,7-8,10-12,15,17-21H2,1H3/t23-,24?,25?,37+/m1/s1. The molecule has 0 amide bonds. The second-order valence-electron chi connectivity index (χ2n) is 14.0. The van der Waals surface area contributed by atoms with Crippen LogP contribution in [0.4, 0.5) is 19.0 Å². The number of alkyl halides is 1. The molecule has 2 bridgehead atoms. The van der Waals surface area contributed by atoms with Crippen LogP contribution in [-0.2, 0) is 0 Å². The number of rotatable bonds is 9. The van der Waals surface area contributed by atoms with E-state index in [4.69, 9.17) is 16.1 Å². The summed E-state index contributed by atoms with van der Waals surface area (Å²) in [6.07, 6.45) is 11.7. The molecule has 2 N–H and O–H groups in total. The van der Waals surface area contributed by atoms with Gasteiger partial charge in [0.1, 0.15) is 41.4 Å². The third-order valence-corrected chi connectivity index (χ3v) is 11.0. The van der Waals surface area contributed by atoms with Crippen molar-refractivity contribution in [1.82, 2.24) is 30.1 Å². The normalized spacial score (nSPS) is 25.4. The predicted molar refractivity (Wildman–Crippen MR) is 182 cm³/mol. The lowest BCUT2D eigenvalue weighted by Crippen LogP contribution is -2.56. The largest absolute Gasteiger partial charge is 0.508 e. The van der Waals surface area contributed by atoms with Gasteiger partial charge in [0.15, 0.2) is 5.82 Å². The van der Waals surface area contributed by atoms with Crippen molar-refractivity contribution in [3.05, 3.63) is 47.7 Å². The van der Waals surface area contributed by atoms with Crippen molar-refractivity contribution >= 4 is 27.5 Å². The maximum absolute atomic E-state index is 17.0. The molecule has 4 fully saturated rings. The number of aromatic hydroxyl groups is 1. The van der Waals surface area contributed by atoms with E-state index >= 15 is 4.39 Å². The molecule has 12 heteroatoms. The van der Waals surface area contributed by atoms with Crippen LogP contribution in [0.2, 0.25) is 0 Å². The fourth-order valence-corrected chi connectivity index (χ4v) is 8.72. The van der Waals surface area contributed by atoms with Crippen LogP contribution in [0.15, 0.2) is 30.5 Å². The van der Waals surface area contributed by atoms with Crippen molar-refractivity contribution in [2.24, 2.45) is 0 Å². The van der Waals surface area contributed by atoms with Crippen molar-refractivity contribution in [1.29, 1.82) is 0 Å². The zero-order chi connectivity index (χ0) is 33.9. The first-order chi connectivity index (χ1) is 23.8. The molecule has 4 aromatic rings. The number of pyridine rings is 1. The summed E-state index contributed by atoms with van der Waals surface area (Å²) >= 11 is 0. The van der Waals surface area contributed by atoms with Gasteiger partial charge in [-0.05, 0) is 68.8 Å². The Morgan fingerprint density at radius 2 is 1.96 bits per heavy atom. The molecule has 6 heterocycles. The van der Waals surface area contributed by atoms with E-state index in [2.05, 4.69) is 42.8 Å². The molecule has 8 rings (SSSR count). The second kappa shape index (κ2) is 12.6. The number of benzene rings is 2. The molecule has 0 spiro atoms. The minimum absolute atomic E-state index is 0.00453. The summed E-state index contributed by atoms with van der Waals surface area (Å²) in [6.45, 7) is 6.72. The Labute approximate surface area is 283 Å². The van der Waals surface area contributed by atoms with Gasteiger partial charge >= 0.3 is 6.01 Å². The van der Waals surface area contributed by atoms with Gasteiger partial charge in [-0.3, -0.25) is 14.8 Å². The maximum atomic E-state index is 17.0. The van der Waals surface area contributed by atoms with E-state index in [1.54, 1.807) is 0 Å². The number of piperazine rings is 1. The minimum atomic E-state index is -0.920. The zero-order valence-electron chi connectivity index (χ0n) is 27.6. The van der Waals surface area contributed by atoms with Crippen LogP contribution in [0.5, 0.6) is 11.8 Å². The maximum Gasteiger partial charge on any atom is 0.319 e. The Morgan fingerprint density at radius 1 is 1.14 bits per heavy atom. The lowest BCUT2D eigenvalue weighted by atomic mass is 9.95. The first kappa shape index (κ1) is 32.0. The van der Waals surface area contributed by atoms with E-state index in [0.717, 1.165) is 51.9 Å². The Hall–Kier alpha value is -4.18. The molecule has 0 saturated carbocycles. The van der Waals surface area contributed by atoms with Gasteiger partial charge in [-0.25, -0.2) is 13.2 Å². The highest BCUT2D eigenvalue weighted by molar-refractivity contribution is 6.03. The molecule has 4 saturated heterocycles. The number of hydrogen-bond donors (Lipinski definition) is 2. The van der Waals surface area contributed by atoms with E-state index < -0.39 is 23.3 Å². The van der Waals surface area contributed by atoms with Crippen molar-refractivity contribution in [3.8, 4) is 35.4 Å². The van der Waals surface area contributed by atoms with Gasteiger partial charge in [0.25, 0.3) is 0 Å². The summed E-state index contributed by atoms with van der Waals surface area (Å²) in [5.74, 6) is 1.38. The molecule has 2 aromatic carbocycles. The number of ether oxygens (including phenoxy) is 1. The average Bonchev–Trinajstić information content (AvgIpc) is 3.69. The number of aromatic nitrogens is 3. The number of hydrogen-bond acceptors (Lipinski definition) is 9. The van der Waals surface area contributed by atoms with Gasteiger partial charge in [-0.15, -0.1) is 6.42 Å². The fourth-order valence-electron chi connectivity index (χ4n) is 8.72. The average molecular weight is 672 g/mol. The third-order valence-electron chi connectivity index (χ3n) is 11.0. The van der Waals surface area contributed by atoms with E-state index in [0.29, 0.717) is 54.7 Å². The molecule has 9 nitrogen and oxygen atoms in total. The molecule has 2 aromatic heterocycles. The van der Waals surface area contributed by atoms with Gasteiger partial charge in [0.05, 0.1) is 16.5 Å². The molecular formula is C37H40F3N7O2. The van der Waals surface area contributed by atoms with Crippen molar-refractivity contribution < 1.29 is 23.0 Å². The first-order valence-electron chi connectivity index (χ1n) is 17.3. The third kappa shape index (κ3) is 5.52. The van der Waals surface area contributed by atoms with Crippen molar-refractivity contribution in [2.75, 3.05) is 50.9 Å². The number of terminal acetylenes is 1. The Bertz CT molecular complexity index is 1960. The number of nitrogens with one attached hydrogen (secondary N) is 1. The molecular weight excluding hydrogens is 631 g/mol. The fraction of sp³-hybridized carbons (Fsp3) is 0.486. The SMILES string of the molecule is C#Cc1c(F)ccc2cc(O)cc(-c3ncc4c(N5CC6CCC(C5)N6CNCCC)nc(OC[C@@]56CCCN5C[C@H](F)C6)nc4c3F)c12. The zero-order valence-corrected chi connectivity index (χ0v) is 27.6. The smallest absolute Gasteiger partial charge is 0.319 e. The predicted octanol–water partition coefficient (Wildman–Crippen LogP) is 5.38. The molecule has 4 aliphatic rings. The van der Waals surface area contributed by atoms with Gasteiger partial charge in [-0.1, -0.05) is 18.9 Å². The molecule has 0 aliphatic carbocycles. The second-order valence-corrected chi connectivity index (χ2v) is 14.0. The first-order valence-corrected chi connectivity index (χ1v) is 17.3. The molecule has 4 aliphatic heterocycles. The lowest BCUT2D eigenvalue weighted by molar-refractivity contribution is 0.107. The van der Waals surface area contributed by atoms with Gasteiger partial charge in [0.2, 0.25) is 0 Å². The highest BCUT2D eigenvalue weighted by Gasteiger charge is 2.49. The quantitative estimate of drug-likeness (QED) is 0.180. The van der Waals surface area contributed by atoms with Crippen LogP contribution < -0.4 is 15.0 Å². The molecule has 0 radical (unpaired) electrons. The summed E-state index contributed by atoms with van der Waals surface area (Å²) in [7, 11) is 0. The molecule has 4 atom stereocenters. The number of nitrogens with zero attached hydrogens (tertiary/aromatic N) is 6. The highest BCUT2D eigenvalue weighted by Crippen LogP contribution is 2.42.